The number of nitrogens with two attached hydrogens (primary N) is 1. The summed E-state index contributed by atoms with van der Waals surface area (Å²) in [4.78, 5) is 10.6. The number of amides is 2. The second-order valence-electron chi connectivity index (χ2n) is 5.12. The highest BCUT2D eigenvalue weighted by Gasteiger charge is 2.24. The van der Waals surface area contributed by atoms with E-state index in [4.69, 9.17) is 5.73 Å². The fourth-order valence-electron chi connectivity index (χ4n) is 2.88. The smallest absolute Gasteiger partial charge is 0.332 e. The van der Waals surface area contributed by atoms with Crippen LogP contribution in [0.2, 0.25) is 0 Å². The Hall–Kier alpha value is -1.06. The summed E-state index contributed by atoms with van der Waals surface area (Å²) in [5.74, 6) is 1.58. The van der Waals surface area contributed by atoms with E-state index in [0.717, 1.165) is 24.0 Å². The van der Waals surface area contributed by atoms with Crippen molar-refractivity contribution < 1.29 is 4.79 Å². The first-order valence-electron chi connectivity index (χ1n) is 6.72. The molecule has 1 aliphatic rings. The molecule has 0 aromatic rings. The molecule has 17 heavy (non-hydrogen) atoms. The number of hydrazone groups is 1. The van der Waals surface area contributed by atoms with Crippen LogP contribution in [0.25, 0.3) is 0 Å². The Balaban J connectivity index is 2.46. The Bertz CT molecular complexity index is 274. The molecule has 0 bridgehead atoms. The highest BCUT2D eigenvalue weighted by molar-refractivity contribution is 5.83. The van der Waals surface area contributed by atoms with Gasteiger partial charge in [0.25, 0.3) is 0 Å². The molecule has 0 aromatic carbocycles. The number of carbonyl (C=O) groups is 1. The number of rotatable bonds is 5. The minimum Gasteiger partial charge on any atom is -0.350 e. The molecule has 0 heterocycles. The first-order valence-corrected chi connectivity index (χ1v) is 6.72. The zero-order valence-electron chi connectivity index (χ0n) is 11.0. The van der Waals surface area contributed by atoms with Crippen molar-refractivity contribution in [3.63, 3.8) is 0 Å². The van der Waals surface area contributed by atoms with Crippen molar-refractivity contribution in [2.45, 2.75) is 58.8 Å². The third kappa shape index (κ3) is 5.20. The van der Waals surface area contributed by atoms with Crippen LogP contribution < -0.4 is 11.2 Å². The van der Waals surface area contributed by atoms with Gasteiger partial charge in [-0.3, -0.25) is 0 Å². The monoisotopic (exact) mass is 239 g/mol. The molecule has 4 nitrogen and oxygen atoms in total. The number of urea groups is 1. The molecule has 3 N–H and O–H groups in total. The van der Waals surface area contributed by atoms with E-state index < -0.39 is 6.03 Å². The lowest BCUT2D eigenvalue weighted by atomic mass is 9.75. The molecule has 2 amide bonds. The van der Waals surface area contributed by atoms with Crippen molar-refractivity contribution in [3.8, 4) is 0 Å². The predicted octanol–water partition coefficient (Wildman–Crippen LogP) is 3.03. The molecule has 0 saturated heterocycles. The third-order valence-electron chi connectivity index (χ3n) is 3.64. The van der Waals surface area contributed by atoms with Gasteiger partial charge < -0.3 is 5.73 Å². The van der Waals surface area contributed by atoms with Crippen LogP contribution in [0.5, 0.6) is 0 Å². The molecule has 1 fully saturated rings. The minimum atomic E-state index is -0.585. The molecular weight excluding hydrogens is 214 g/mol. The molecule has 0 aromatic heterocycles. The van der Waals surface area contributed by atoms with E-state index >= 15 is 0 Å². The van der Waals surface area contributed by atoms with Crippen molar-refractivity contribution in [1.29, 1.82) is 0 Å². The zero-order chi connectivity index (χ0) is 12.7. The number of hydrogen-bond donors (Lipinski definition) is 2. The summed E-state index contributed by atoms with van der Waals surface area (Å²) in [6, 6.07) is -0.585. The van der Waals surface area contributed by atoms with Crippen molar-refractivity contribution in [2.75, 3.05) is 0 Å². The average Bonchev–Trinajstić information content (AvgIpc) is 2.29. The summed E-state index contributed by atoms with van der Waals surface area (Å²) in [5.41, 5.74) is 8.28. The SMILES string of the molecule is CCCC1CCCCC1CC(C)=NNC(N)=O. The maximum Gasteiger partial charge on any atom is 0.332 e. The van der Waals surface area contributed by atoms with Gasteiger partial charge in [0.1, 0.15) is 0 Å². The largest absolute Gasteiger partial charge is 0.350 e. The number of primary amides is 1. The van der Waals surface area contributed by atoms with Gasteiger partial charge in [-0.1, -0.05) is 39.0 Å². The molecule has 98 valence electrons. The van der Waals surface area contributed by atoms with Crippen molar-refractivity contribution in [3.05, 3.63) is 0 Å². The zero-order valence-corrected chi connectivity index (χ0v) is 11.0. The molecule has 0 spiro atoms. The van der Waals surface area contributed by atoms with Gasteiger partial charge in [-0.15, -0.1) is 0 Å². The van der Waals surface area contributed by atoms with Crippen LogP contribution in [-0.2, 0) is 0 Å². The fourth-order valence-corrected chi connectivity index (χ4v) is 2.88. The Morgan fingerprint density at radius 3 is 2.59 bits per heavy atom. The van der Waals surface area contributed by atoms with Gasteiger partial charge in [-0.2, -0.15) is 5.10 Å². The van der Waals surface area contributed by atoms with Gasteiger partial charge in [-0.25, -0.2) is 10.2 Å². The Labute approximate surface area is 104 Å². The van der Waals surface area contributed by atoms with Crippen LogP contribution in [0.1, 0.15) is 58.8 Å². The fraction of sp³-hybridized carbons (Fsp3) is 0.846. The topological polar surface area (TPSA) is 67.5 Å². The van der Waals surface area contributed by atoms with Crippen molar-refractivity contribution >= 4 is 11.7 Å². The first kappa shape index (κ1) is 14.0. The molecule has 1 saturated carbocycles. The maximum atomic E-state index is 10.6. The highest BCUT2D eigenvalue weighted by Crippen LogP contribution is 2.35. The van der Waals surface area contributed by atoms with Crippen molar-refractivity contribution in [2.24, 2.45) is 22.7 Å². The quantitative estimate of drug-likeness (QED) is 0.562. The molecular formula is C13H25N3O. The van der Waals surface area contributed by atoms with E-state index in [1.165, 1.54) is 38.5 Å². The molecule has 4 heteroatoms. The summed E-state index contributed by atoms with van der Waals surface area (Å²) in [7, 11) is 0. The van der Waals surface area contributed by atoms with Gasteiger partial charge >= 0.3 is 6.03 Å². The molecule has 1 rings (SSSR count). The summed E-state index contributed by atoms with van der Waals surface area (Å²) >= 11 is 0. The second-order valence-corrected chi connectivity index (χ2v) is 5.12. The van der Waals surface area contributed by atoms with E-state index in [1.54, 1.807) is 0 Å². The number of hydrogen-bond acceptors (Lipinski definition) is 2. The van der Waals surface area contributed by atoms with Gasteiger partial charge in [0.05, 0.1) is 0 Å². The van der Waals surface area contributed by atoms with Crippen LogP contribution in [-0.4, -0.2) is 11.7 Å². The maximum absolute atomic E-state index is 10.6. The number of carbonyl (C=O) groups excluding carboxylic acids is 1. The Morgan fingerprint density at radius 1 is 1.35 bits per heavy atom. The van der Waals surface area contributed by atoms with E-state index in [2.05, 4.69) is 17.5 Å². The van der Waals surface area contributed by atoms with Crippen LogP contribution in [0.3, 0.4) is 0 Å². The van der Waals surface area contributed by atoms with E-state index in [-0.39, 0.29) is 0 Å². The lowest BCUT2D eigenvalue weighted by Gasteiger charge is -2.31. The van der Waals surface area contributed by atoms with Crippen LogP contribution in [0.15, 0.2) is 5.10 Å². The van der Waals surface area contributed by atoms with Crippen LogP contribution in [0.4, 0.5) is 4.79 Å². The van der Waals surface area contributed by atoms with Gasteiger partial charge in [0.2, 0.25) is 0 Å². The average molecular weight is 239 g/mol. The summed E-state index contributed by atoms with van der Waals surface area (Å²) in [5, 5.41) is 4.00. The molecule has 1 aliphatic carbocycles. The molecule has 0 radical (unpaired) electrons. The van der Waals surface area contributed by atoms with E-state index in [9.17, 15) is 4.79 Å². The summed E-state index contributed by atoms with van der Waals surface area (Å²) < 4.78 is 0. The predicted molar refractivity (Wildman–Crippen MR) is 70.8 cm³/mol. The highest BCUT2D eigenvalue weighted by atomic mass is 16.2. The minimum absolute atomic E-state index is 0.585. The third-order valence-corrected chi connectivity index (χ3v) is 3.64. The Kier molecular flexibility index (Phi) is 6.01. The number of nitrogens with zero attached hydrogens (tertiary/aromatic N) is 1. The van der Waals surface area contributed by atoms with Crippen LogP contribution in [0, 0.1) is 11.8 Å². The standard InChI is InChI=1S/C13H25N3O/c1-3-6-11-7-4-5-8-12(11)9-10(2)15-16-13(14)17/h11-12H,3-9H2,1-2H3,(H3,14,16,17). The normalized spacial score (nSPS) is 25.6. The summed E-state index contributed by atoms with van der Waals surface area (Å²) in [6.45, 7) is 4.22. The molecule has 0 aliphatic heterocycles. The second kappa shape index (κ2) is 7.30. The summed E-state index contributed by atoms with van der Waals surface area (Å²) in [6.07, 6.45) is 8.93. The Morgan fingerprint density at radius 2 is 2.00 bits per heavy atom. The van der Waals surface area contributed by atoms with E-state index in [1.807, 2.05) is 6.92 Å². The van der Waals surface area contributed by atoms with E-state index in [0.29, 0.717) is 0 Å². The number of nitrogens with one attached hydrogen (secondary N) is 1. The molecule has 2 atom stereocenters. The van der Waals surface area contributed by atoms with Crippen molar-refractivity contribution in [1.82, 2.24) is 5.43 Å². The lowest BCUT2D eigenvalue weighted by molar-refractivity contribution is 0.228. The first-order chi connectivity index (χ1) is 8.13. The van der Waals surface area contributed by atoms with Gasteiger partial charge in [0.15, 0.2) is 0 Å². The lowest BCUT2D eigenvalue weighted by Crippen LogP contribution is -2.27. The molecule has 2 unspecified atom stereocenters. The van der Waals surface area contributed by atoms with Gasteiger partial charge in [-0.05, 0) is 31.6 Å². The van der Waals surface area contributed by atoms with Gasteiger partial charge in [0, 0.05) is 5.71 Å². The van der Waals surface area contributed by atoms with Crippen LogP contribution >= 0.6 is 0 Å².